The van der Waals surface area contributed by atoms with Crippen LogP contribution in [0.15, 0.2) is 24.3 Å². The molecule has 0 radical (unpaired) electrons. The minimum Gasteiger partial charge on any atom is -0.395 e. The Balaban J connectivity index is 2.13. The summed E-state index contributed by atoms with van der Waals surface area (Å²) < 4.78 is 14.2. The number of aliphatic hydroxyl groups excluding tert-OH is 1. The van der Waals surface area contributed by atoms with E-state index in [0.29, 0.717) is 12.1 Å². The summed E-state index contributed by atoms with van der Waals surface area (Å²) >= 11 is 0. The number of β-amino-alcohol motifs (C(OH)–C–C–N with tert-alkyl or cyclic N) is 1. The Morgan fingerprint density at radius 1 is 1.24 bits per heavy atom. The molecule has 2 unspecified atom stereocenters. The van der Waals surface area contributed by atoms with Gasteiger partial charge in [-0.3, -0.25) is 9.80 Å². The molecule has 2 atom stereocenters. The van der Waals surface area contributed by atoms with E-state index in [1.54, 1.807) is 6.07 Å². The predicted octanol–water partition coefficient (Wildman–Crippen LogP) is 1.21. The molecule has 1 fully saturated rings. The van der Waals surface area contributed by atoms with Crippen LogP contribution in [0.5, 0.6) is 0 Å². The molecule has 1 heterocycles. The van der Waals surface area contributed by atoms with Gasteiger partial charge in [0.2, 0.25) is 0 Å². The van der Waals surface area contributed by atoms with Gasteiger partial charge in [0.15, 0.2) is 0 Å². The Labute approximate surface area is 126 Å². The number of piperazine rings is 1. The summed E-state index contributed by atoms with van der Waals surface area (Å²) in [4.78, 5) is 4.51. The standard InChI is InChI=1S/C16H26FN3O/c1-2-15(18)16(13-5-3-4-6-14(13)17)20-9-7-19(8-10-20)11-12-21/h3-6,15-16,21H,2,7-12,18H2,1H3. The second-order valence-electron chi connectivity index (χ2n) is 5.64. The van der Waals surface area contributed by atoms with Crippen LogP contribution in [0, 0.1) is 5.82 Å². The zero-order valence-electron chi connectivity index (χ0n) is 12.7. The van der Waals surface area contributed by atoms with E-state index in [9.17, 15) is 4.39 Å². The van der Waals surface area contributed by atoms with Crippen LogP contribution in [-0.2, 0) is 0 Å². The van der Waals surface area contributed by atoms with Crippen LogP contribution in [0.4, 0.5) is 4.39 Å². The minimum absolute atomic E-state index is 0.0764. The number of rotatable bonds is 6. The largest absolute Gasteiger partial charge is 0.395 e. The second kappa shape index (κ2) is 7.84. The molecule has 21 heavy (non-hydrogen) atoms. The molecule has 0 amide bonds. The van der Waals surface area contributed by atoms with E-state index >= 15 is 0 Å². The molecule has 1 aromatic carbocycles. The maximum atomic E-state index is 14.2. The first kappa shape index (κ1) is 16.4. The molecule has 2 rings (SSSR count). The fourth-order valence-corrected chi connectivity index (χ4v) is 3.04. The summed E-state index contributed by atoms with van der Waals surface area (Å²) in [6.07, 6.45) is 0.815. The predicted molar refractivity (Wildman–Crippen MR) is 82.5 cm³/mol. The lowest BCUT2D eigenvalue weighted by Gasteiger charge is -2.41. The van der Waals surface area contributed by atoms with Crippen molar-refractivity contribution in [3.8, 4) is 0 Å². The normalized spacial score (nSPS) is 20.4. The van der Waals surface area contributed by atoms with Crippen molar-refractivity contribution in [1.82, 2.24) is 9.80 Å². The lowest BCUT2D eigenvalue weighted by atomic mass is 9.95. The molecule has 0 saturated carbocycles. The third-order valence-corrected chi connectivity index (χ3v) is 4.32. The summed E-state index contributed by atoms with van der Waals surface area (Å²) in [5.74, 6) is -0.177. The van der Waals surface area contributed by atoms with Gasteiger partial charge in [-0.05, 0) is 12.5 Å². The number of hydrogen-bond donors (Lipinski definition) is 2. The van der Waals surface area contributed by atoms with E-state index in [0.717, 1.165) is 32.6 Å². The maximum absolute atomic E-state index is 14.2. The number of halogens is 1. The van der Waals surface area contributed by atoms with Crippen molar-refractivity contribution in [2.45, 2.75) is 25.4 Å². The van der Waals surface area contributed by atoms with Gasteiger partial charge in [0.05, 0.1) is 12.6 Å². The van der Waals surface area contributed by atoms with Gasteiger partial charge in [0, 0.05) is 44.3 Å². The third-order valence-electron chi connectivity index (χ3n) is 4.32. The molecule has 0 bridgehead atoms. The van der Waals surface area contributed by atoms with Crippen LogP contribution < -0.4 is 5.73 Å². The molecule has 1 saturated heterocycles. The first-order valence-corrected chi connectivity index (χ1v) is 7.74. The van der Waals surface area contributed by atoms with E-state index in [4.69, 9.17) is 10.8 Å². The monoisotopic (exact) mass is 295 g/mol. The topological polar surface area (TPSA) is 52.7 Å². The van der Waals surface area contributed by atoms with Crippen LogP contribution in [0.2, 0.25) is 0 Å². The van der Waals surface area contributed by atoms with Crippen LogP contribution in [0.1, 0.15) is 24.9 Å². The van der Waals surface area contributed by atoms with Crippen LogP contribution in [0.3, 0.4) is 0 Å². The van der Waals surface area contributed by atoms with Crippen molar-refractivity contribution in [1.29, 1.82) is 0 Å². The van der Waals surface area contributed by atoms with Gasteiger partial charge < -0.3 is 10.8 Å². The van der Waals surface area contributed by atoms with E-state index in [1.807, 2.05) is 19.1 Å². The van der Waals surface area contributed by atoms with E-state index in [-0.39, 0.29) is 24.5 Å². The van der Waals surface area contributed by atoms with E-state index in [2.05, 4.69) is 9.80 Å². The van der Waals surface area contributed by atoms with Crippen molar-refractivity contribution in [3.05, 3.63) is 35.6 Å². The van der Waals surface area contributed by atoms with Crippen molar-refractivity contribution in [2.24, 2.45) is 5.73 Å². The molecule has 0 spiro atoms. The minimum atomic E-state index is -0.177. The molecule has 1 aliphatic heterocycles. The highest BCUT2D eigenvalue weighted by Gasteiger charge is 2.30. The number of benzene rings is 1. The number of nitrogens with zero attached hydrogens (tertiary/aromatic N) is 2. The van der Waals surface area contributed by atoms with Crippen LogP contribution in [0.25, 0.3) is 0 Å². The van der Waals surface area contributed by atoms with Crippen LogP contribution >= 0.6 is 0 Å². The zero-order valence-corrected chi connectivity index (χ0v) is 12.7. The van der Waals surface area contributed by atoms with Crippen LogP contribution in [-0.4, -0.2) is 60.3 Å². The van der Waals surface area contributed by atoms with Crippen molar-refractivity contribution >= 4 is 0 Å². The highest BCUT2D eigenvalue weighted by atomic mass is 19.1. The fraction of sp³-hybridized carbons (Fsp3) is 0.625. The molecule has 1 aromatic rings. The molecular weight excluding hydrogens is 269 g/mol. The van der Waals surface area contributed by atoms with Gasteiger partial charge in [-0.25, -0.2) is 4.39 Å². The van der Waals surface area contributed by atoms with Gasteiger partial charge in [-0.15, -0.1) is 0 Å². The Hall–Kier alpha value is -1.01. The Bertz CT molecular complexity index is 435. The molecule has 1 aliphatic rings. The molecule has 0 aliphatic carbocycles. The van der Waals surface area contributed by atoms with E-state index < -0.39 is 0 Å². The molecule has 0 aromatic heterocycles. The molecule has 5 heteroatoms. The first-order chi connectivity index (χ1) is 10.2. The second-order valence-corrected chi connectivity index (χ2v) is 5.64. The van der Waals surface area contributed by atoms with E-state index in [1.165, 1.54) is 6.07 Å². The highest BCUT2D eigenvalue weighted by molar-refractivity contribution is 5.23. The lowest BCUT2D eigenvalue weighted by Crippen LogP contribution is -2.51. The summed E-state index contributed by atoms with van der Waals surface area (Å²) in [6, 6.07) is 6.78. The van der Waals surface area contributed by atoms with Gasteiger partial charge >= 0.3 is 0 Å². The average molecular weight is 295 g/mol. The average Bonchev–Trinajstić information content (AvgIpc) is 2.51. The van der Waals surface area contributed by atoms with Gasteiger partial charge in [-0.2, -0.15) is 0 Å². The third kappa shape index (κ3) is 4.01. The summed E-state index contributed by atoms with van der Waals surface area (Å²) in [6.45, 7) is 6.42. The Morgan fingerprint density at radius 3 is 2.48 bits per heavy atom. The van der Waals surface area contributed by atoms with Crippen molar-refractivity contribution in [3.63, 3.8) is 0 Å². The van der Waals surface area contributed by atoms with Gasteiger partial charge in [-0.1, -0.05) is 25.1 Å². The maximum Gasteiger partial charge on any atom is 0.128 e. The quantitative estimate of drug-likeness (QED) is 0.828. The highest BCUT2D eigenvalue weighted by Crippen LogP contribution is 2.28. The molecular formula is C16H26FN3O. The zero-order chi connectivity index (χ0) is 15.2. The molecule has 118 valence electrons. The van der Waals surface area contributed by atoms with Crippen molar-refractivity contribution < 1.29 is 9.50 Å². The summed E-state index contributed by atoms with van der Waals surface area (Å²) in [5, 5.41) is 9.01. The van der Waals surface area contributed by atoms with Gasteiger partial charge in [0.1, 0.15) is 5.82 Å². The number of aliphatic hydroxyl groups is 1. The molecule has 3 N–H and O–H groups in total. The number of nitrogens with two attached hydrogens (primary N) is 1. The Kier molecular flexibility index (Phi) is 6.11. The SMILES string of the molecule is CCC(N)C(c1ccccc1F)N1CCN(CCO)CC1. The fourth-order valence-electron chi connectivity index (χ4n) is 3.04. The Morgan fingerprint density at radius 2 is 1.90 bits per heavy atom. The molecule has 4 nitrogen and oxygen atoms in total. The summed E-state index contributed by atoms with van der Waals surface area (Å²) in [5.41, 5.74) is 6.98. The summed E-state index contributed by atoms with van der Waals surface area (Å²) in [7, 11) is 0. The number of hydrogen-bond acceptors (Lipinski definition) is 4. The first-order valence-electron chi connectivity index (χ1n) is 7.74. The van der Waals surface area contributed by atoms with Crippen molar-refractivity contribution in [2.75, 3.05) is 39.3 Å². The van der Waals surface area contributed by atoms with Gasteiger partial charge in [0.25, 0.3) is 0 Å². The smallest absolute Gasteiger partial charge is 0.128 e. The lowest BCUT2D eigenvalue weighted by molar-refractivity contribution is 0.0720.